The number of methoxy groups -OCH3 is 3. The predicted molar refractivity (Wildman–Crippen MR) is 85.1 cm³/mol. The molecule has 2 amide bonds. The van der Waals surface area contributed by atoms with E-state index in [-0.39, 0.29) is 12.1 Å². The number of rotatable bonds is 5. The Morgan fingerprint density at radius 2 is 1.59 bits per heavy atom. The maximum Gasteiger partial charge on any atom is 0.319 e. The van der Waals surface area contributed by atoms with Crippen LogP contribution in [-0.2, 0) is 0 Å². The highest BCUT2D eigenvalue weighted by Crippen LogP contribution is 2.38. The Morgan fingerprint density at radius 3 is 2.09 bits per heavy atom. The smallest absolute Gasteiger partial charge is 0.319 e. The summed E-state index contributed by atoms with van der Waals surface area (Å²) in [6.07, 6.45) is 5.65. The van der Waals surface area contributed by atoms with Crippen molar-refractivity contribution < 1.29 is 19.0 Å². The fourth-order valence-corrected chi connectivity index (χ4v) is 2.71. The van der Waals surface area contributed by atoms with Crippen molar-refractivity contribution in [3.8, 4) is 17.2 Å². The molecule has 0 atom stereocenters. The molecule has 2 N–H and O–H groups in total. The monoisotopic (exact) mass is 308 g/mol. The second kappa shape index (κ2) is 7.77. The molecule has 6 heteroatoms. The molecule has 0 heterocycles. The fraction of sp³-hybridized carbons (Fsp3) is 0.562. The van der Waals surface area contributed by atoms with Crippen LogP contribution in [0.4, 0.5) is 10.5 Å². The van der Waals surface area contributed by atoms with Crippen molar-refractivity contribution in [2.24, 2.45) is 0 Å². The van der Waals surface area contributed by atoms with E-state index in [1.165, 1.54) is 19.3 Å². The van der Waals surface area contributed by atoms with Crippen molar-refractivity contribution in [3.05, 3.63) is 12.1 Å². The summed E-state index contributed by atoms with van der Waals surface area (Å²) in [5.74, 6) is 1.59. The van der Waals surface area contributed by atoms with Crippen LogP contribution in [0.5, 0.6) is 17.2 Å². The molecule has 22 heavy (non-hydrogen) atoms. The lowest BCUT2D eigenvalue weighted by Crippen LogP contribution is -2.39. The van der Waals surface area contributed by atoms with Gasteiger partial charge in [0.05, 0.1) is 21.3 Å². The Kier molecular flexibility index (Phi) is 5.75. The summed E-state index contributed by atoms with van der Waals surface area (Å²) in [4.78, 5) is 12.2. The second-order valence-electron chi connectivity index (χ2n) is 5.34. The first-order valence-electron chi connectivity index (χ1n) is 7.55. The van der Waals surface area contributed by atoms with Gasteiger partial charge in [-0.15, -0.1) is 0 Å². The lowest BCUT2D eigenvalue weighted by molar-refractivity contribution is 0.244. The third-order valence-corrected chi connectivity index (χ3v) is 3.89. The van der Waals surface area contributed by atoms with E-state index in [4.69, 9.17) is 14.2 Å². The van der Waals surface area contributed by atoms with Crippen LogP contribution in [0.3, 0.4) is 0 Å². The largest absolute Gasteiger partial charge is 0.496 e. The van der Waals surface area contributed by atoms with Gasteiger partial charge < -0.3 is 24.8 Å². The van der Waals surface area contributed by atoms with E-state index < -0.39 is 0 Å². The molecule has 2 rings (SSSR count). The molecule has 0 spiro atoms. The maximum atomic E-state index is 12.2. The predicted octanol–water partition coefficient (Wildman–Crippen LogP) is 3.17. The van der Waals surface area contributed by atoms with E-state index in [2.05, 4.69) is 10.6 Å². The van der Waals surface area contributed by atoms with Crippen LogP contribution < -0.4 is 24.8 Å². The maximum absolute atomic E-state index is 12.2. The molecule has 0 bridgehead atoms. The molecule has 1 fully saturated rings. The number of hydrogen-bond donors (Lipinski definition) is 2. The van der Waals surface area contributed by atoms with E-state index in [1.54, 1.807) is 33.5 Å². The molecule has 0 aromatic heterocycles. The van der Waals surface area contributed by atoms with Crippen LogP contribution >= 0.6 is 0 Å². The molecule has 122 valence electrons. The molecule has 0 saturated heterocycles. The minimum absolute atomic E-state index is 0.240. The van der Waals surface area contributed by atoms with Crippen LogP contribution in [0.2, 0.25) is 0 Å². The Bertz CT molecular complexity index is 488. The molecular formula is C16H24N2O4. The first-order chi connectivity index (χ1) is 10.7. The first-order valence-corrected chi connectivity index (χ1v) is 7.55. The highest BCUT2D eigenvalue weighted by molar-refractivity contribution is 5.93. The zero-order valence-corrected chi connectivity index (χ0v) is 13.4. The zero-order valence-electron chi connectivity index (χ0n) is 13.4. The van der Waals surface area contributed by atoms with Gasteiger partial charge in [0.15, 0.2) is 0 Å². The Labute approximate surface area is 131 Å². The standard InChI is InChI=1S/C16H24N2O4/c1-20-12-9-13(21-2)15(14(10-12)22-3)18-16(19)17-11-7-5-4-6-8-11/h9-11H,4-8H2,1-3H3,(H2,17,18,19). The molecular weight excluding hydrogens is 284 g/mol. The number of carbonyl (C=O) groups is 1. The molecule has 0 radical (unpaired) electrons. The van der Waals surface area contributed by atoms with Gasteiger partial charge in [-0.25, -0.2) is 4.79 Å². The number of anilines is 1. The van der Waals surface area contributed by atoms with Crippen LogP contribution in [0, 0.1) is 0 Å². The third kappa shape index (κ3) is 3.96. The number of ether oxygens (including phenoxy) is 3. The molecule has 1 aromatic rings. The molecule has 6 nitrogen and oxygen atoms in total. The number of amides is 2. The molecule has 1 aliphatic rings. The Morgan fingerprint density at radius 1 is 1.00 bits per heavy atom. The van der Waals surface area contributed by atoms with Crippen molar-refractivity contribution in [3.63, 3.8) is 0 Å². The minimum Gasteiger partial charge on any atom is -0.496 e. The van der Waals surface area contributed by atoms with Gasteiger partial charge in [-0.1, -0.05) is 19.3 Å². The number of urea groups is 1. The number of nitrogens with one attached hydrogen (secondary N) is 2. The van der Waals surface area contributed by atoms with Crippen molar-refractivity contribution in [2.45, 2.75) is 38.1 Å². The van der Waals surface area contributed by atoms with E-state index in [0.717, 1.165) is 12.8 Å². The summed E-state index contributed by atoms with van der Waals surface area (Å²) in [7, 11) is 4.65. The normalized spacial score (nSPS) is 15.0. The second-order valence-corrected chi connectivity index (χ2v) is 5.34. The highest BCUT2D eigenvalue weighted by atomic mass is 16.5. The number of benzene rings is 1. The van der Waals surface area contributed by atoms with Gasteiger partial charge in [0.25, 0.3) is 0 Å². The number of carbonyl (C=O) groups excluding carboxylic acids is 1. The minimum atomic E-state index is -0.242. The summed E-state index contributed by atoms with van der Waals surface area (Å²) in [5.41, 5.74) is 0.499. The average Bonchev–Trinajstić information content (AvgIpc) is 2.55. The highest BCUT2D eigenvalue weighted by Gasteiger charge is 2.19. The SMILES string of the molecule is COc1cc(OC)c(NC(=O)NC2CCCCC2)c(OC)c1. The van der Waals surface area contributed by atoms with Crippen molar-refractivity contribution in [2.75, 3.05) is 26.6 Å². The van der Waals surface area contributed by atoms with E-state index in [9.17, 15) is 4.79 Å². The topological polar surface area (TPSA) is 68.8 Å². The van der Waals surface area contributed by atoms with Gasteiger partial charge in [0.2, 0.25) is 0 Å². The van der Waals surface area contributed by atoms with E-state index in [0.29, 0.717) is 22.9 Å². The quantitative estimate of drug-likeness (QED) is 0.876. The molecule has 0 aliphatic heterocycles. The van der Waals surface area contributed by atoms with Crippen molar-refractivity contribution in [1.82, 2.24) is 5.32 Å². The molecule has 1 aromatic carbocycles. The fourth-order valence-electron chi connectivity index (χ4n) is 2.71. The molecule has 1 aliphatic carbocycles. The summed E-state index contributed by atoms with van der Waals surface area (Å²) in [5, 5.41) is 5.83. The van der Waals surface area contributed by atoms with Gasteiger partial charge in [0.1, 0.15) is 22.9 Å². The molecule has 0 unspecified atom stereocenters. The Balaban J connectivity index is 2.11. The summed E-state index contributed by atoms with van der Waals surface area (Å²) < 4.78 is 15.8. The number of hydrogen-bond acceptors (Lipinski definition) is 4. The van der Waals surface area contributed by atoms with Gasteiger partial charge in [-0.2, -0.15) is 0 Å². The van der Waals surface area contributed by atoms with E-state index in [1.807, 2.05) is 0 Å². The lowest BCUT2D eigenvalue weighted by atomic mass is 9.96. The average molecular weight is 308 g/mol. The van der Waals surface area contributed by atoms with Gasteiger partial charge >= 0.3 is 6.03 Å². The van der Waals surface area contributed by atoms with Crippen molar-refractivity contribution >= 4 is 11.7 Å². The van der Waals surface area contributed by atoms with Gasteiger partial charge in [0, 0.05) is 18.2 Å². The van der Waals surface area contributed by atoms with Gasteiger partial charge in [-0.05, 0) is 12.8 Å². The van der Waals surface area contributed by atoms with Crippen LogP contribution in [0.25, 0.3) is 0 Å². The van der Waals surface area contributed by atoms with Crippen LogP contribution in [-0.4, -0.2) is 33.4 Å². The van der Waals surface area contributed by atoms with Crippen molar-refractivity contribution in [1.29, 1.82) is 0 Å². The van der Waals surface area contributed by atoms with Gasteiger partial charge in [-0.3, -0.25) is 0 Å². The van der Waals surface area contributed by atoms with Crippen LogP contribution in [0.15, 0.2) is 12.1 Å². The lowest BCUT2D eigenvalue weighted by Gasteiger charge is -2.23. The summed E-state index contributed by atoms with van der Waals surface area (Å²) in [6.45, 7) is 0. The first kappa shape index (κ1) is 16.3. The zero-order chi connectivity index (χ0) is 15.9. The summed E-state index contributed by atoms with van der Waals surface area (Å²) >= 11 is 0. The van der Waals surface area contributed by atoms with Crippen LogP contribution in [0.1, 0.15) is 32.1 Å². The summed E-state index contributed by atoms with van der Waals surface area (Å²) in [6, 6.07) is 3.41. The third-order valence-electron chi connectivity index (χ3n) is 3.89. The Hall–Kier alpha value is -2.11. The van der Waals surface area contributed by atoms with E-state index >= 15 is 0 Å². The molecule has 1 saturated carbocycles.